The molecule has 5 heteroatoms. The lowest BCUT2D eigenvalue weighted by Gasteiger charge is -2.21. The molecule has 0 aliphatic heterocycles. The SMILES string of the molecule is CC(C)c1ccc(C(=O)NC(C)(C)C(=O)O)cc1Cl. The van der Waals surface area contributed by atoms with Crippen molar-refractivity contribution < 1.29 is 14.7 Å². The summed E-state index contributed by atoms with van der Waals surface area (Å²) in [6.07, 6.45) is 0. The number of nitrogens with one attached hydrogen (secondary N) is 1. The van der Waals surface area contributed by atoms with Crippen molar-refractivity contribution in [3.05, 3.63) is 34.3 Å². The van der Waals surface area contributed by atoms with Gasteiger partial charge in [-0.2, -0.15) is 0 Å². The molecule has 0 spiro atoms. The smallest absolute Gasteiger partial charge is 0.328 e. The lowest BCUT2D eigenvalue weighted by Crippen LogP contribution is -2.49. The third kappa shape index (κ3) is 3.70. The molecule has 1 amide bonds. The third-order valence-electron chi connectivity index (χ3n) is 2.85. The van der Waals surface area contributed by atoms with Crippen molar-refractivity contribution in [2.75, 3.05) is 0 Å². The van der Waals surface area contributed by atoms with Crippen LogP contribution in [0.4, 0.5) is 0 Å². The van der Waals surface area contributed by atoms with E-state index in [9.17, 15) is 9.59 Å². The predicted molar refractivity (Wildman–Crippen MR) is 74.7 cm³/mol. The van der Waals surface area contributed by atoms with Gasteiger partial charge in [-0.3, -0.25) is 4.79 Å². The van der Waals surface area contributed by atoms with E-state index in [2.05, 4.69) is 5.32 Å². The fourth-order valence-electron chi connectivity index (χ4n) is 1.55. The molecule has 0 saturated carbocycles. The predicted octanol–water partition coefficient (Wildman–Crippen LogP) is 3.06. The maximum Gasteiger partial charge on any atom is 0.328 e. The lowest BCUT2D eigenvalue weighted by molar-refractivity contribution is -0.143. The summed E-state index contributed by atoms with van der Waals surface area (Å²) in [5.74, 6) is -1.28. The molecule has 104 valence electrons. The van der Waals surface area contributed by atoms with Crippen molar-refractivity contribution >= 4 is 23.5 Å². The number of hydrogen-bond donors (Lipinski definition) is 2. The van der Waals surface area contributed by atoms with E-state index < -0.39 is 17.4 Å². The summed E-state index contributed by atoms with van der Waals surface area (Å²) in [4.78, 5) is 22.9. The first kappa shape index (κ1) is 15.5. The lowest BCUT2D eigenvalue weighted by atomic mass is 10.0. The molecule has 1 aromatic rings. The Balaban J connectivity index is 2.96. The van der Waals surface area contributed by atoms with Crippen LogP contribution < -0.4 is 5.32 Å². The van der Waals surface area contributed by atoms with Crippen LogP contribution >= 0.6 is 11.6 Å². The Morgan fingerprint density at radius 2 is 1.89 bits per heavy atom. The van der Waals surface area contributed by atoms with Gasteiger partial charge in [-0.25, -0.2) is 4.79 Å². The van der Waals surface area contributed by atoms with Gasteiger partial charge in [-0.1, -0.05) is 31.5 Å². The van der Waals surface area contributed by atoms with E-state index in [1.54, 1.807) is 18.2 Å². The Kier molecular flexibility index (Phi) is 4.58. The van der Waals surface area contributed by atoms with Gasteiger partial charge in [0.2, 0.25) is 0 Å². The highest BCUT2D eigenvalue weighted by atomic mass is 35.5. The fourth-order valence-corrected chi connectivity index (χ4v) is 1.94. The minimum Gasteiger partial charge on any atom is -0.480 e. The van der Waals surface area contributed by atoms with Crippen LogP contribution in [0.25, 0.3) is 0 Å². The highest BCUT2D eigenvalue weighted by Crippen LogP contribution is 2.25. The van der Waals surface area contributed by atoms with Gasteiger partial charge >= 0.3 is 5.97 Å². The number of carbonyl (C=O) groups excluding carboxylic acids is 1. The van der Waals surface area contributed by atoms with Gasteiger partial charge in [0.15, 0.2) is 0 Å². The Morgan fingerprint density at radius 1 is 1.32 bits per heavy atom. The average molecular weight is 284 g/mol. The summed E-state index contributed by atoms with van der Waals surface area (Å²) in [5.41, 5.74) is -0.0141. The van der Waals surface area contributed by atoms with E-state index in [0.717, 1.165) is 5.56 Å². The Morgan fingerprint density at radius 3 is 2.32 bits per heavy atom. The minimum absolute atomic E-state index is 0.264. The number of halogens is 1. The molecular weight excluding hydrogens is 266 g/mol. The molecule has 19 heavy (non-hydrogen) atoms. The second-order valence-corrected chi connectivity index (χ2v) is 5.68. The number of carboxylic acid groups (broad SMARTS) is 1. The first-order valence-corrected chi connectivity index (χ1v) is 6.38. The Labute approximate surface area is 117 Å². The molecule has 0 heterocycles. The van der Waals surface area contributed by atoms with Crippen molar-refractivity contribution in [1.82, 2.24) is 5.32 Å². The van der Waals surface area contributed by atoms with Gasteiger partial charge in [0.05, 0.1) is 0 Å². The molecule has 1 rings (SSSR count). The van der Waals surface area contributed by atoms with Crippen LogP contribution in [0.2, 0.25) is 5.02 Å². The molecule has 4 nitrogen and oxygen atoms in total. The van der Waals surface area contributed by atoms with Crippen molar-refractivity contribution in [2.24, 2.45) is 0 Å². The van der Waals surface area contributed by atoms with Crippen LogP contribution in [-0.2, 0) is 4.79 Å². The summed E-state index contributed by atoms with van der Waals surface area (Å²) in [6, 6.07) is 4.99. The fraction of sp³-hybridized carbons (Fsp3) is 0.429. The molecular formula is C14H18ClNO3. The van der Waals surface area contributed by atoms with Crippen molar-refractivity contribution in [2.45, 2.75) is 39.2 Å². The van der Waals surface area contributed by atoms with E-state index in [0.29, 0.717) is 10.6 Å². The highest BCUT2D eigenvalue weighted by molar-refractivity contribution is 6.31. The summed E-state index contributed by atoms with van der Waals surface area (Å²) in [7, 11) is 0. The summed E-state index contributed by atoms with van der Waals surface area (Å²) >= 11 is 6.11. The monoisotopic (exact) mass is 283 g/mol. The standard InChI is InChI=1S/C14H18ClNO3/c1-8(2)10-6-5-9(7-11(10)15)12(17)16-14(3,4)13(18)19/h5-8H,1-4H3,(H,16,17)(H,18,19). The highest BCUT2D eigenvalue weighted by Gasteiger charge is 2.29. The zero-order chi connectivity index (χ0) is 14.8. The molecule has 0 radical (unpaired) electrons. The van der Waals surface area contributed by atoms with E-state index in [1.807, 2.05) is 13.8 Å². The van der Waals surface area contributed by atoms with E-state index >= 15 is 0 Å². The molecule has 0 aliphatic carbocycles. The summed E-state index contributed by atoms with van der Waals surface area (Å²) < 4.78 is 0. The number of benzene rings is 1. The topological polar surface area (TPSA) is 66.4 Å². The van der Waals surface area contributed by atoms with Gasteiger partial charge in [0.25, 0.3) is 5.91 Å². The van der Waals surface area contributed by atoms with Crippen LogP contribution in [0.1, 0.15) is 49.5 Å². The molecule has 0 bridgehead atoms. The van der Waals surface area contributed by atoms with E-state index in [-0.39, 0.29) is 5.92 Å². The maximum atomic E-state index is 12.0. The van der Waals surface area contributed by atoms with Crippen LogP contribution in [0.5, 0.6) is 0 Å². The second-order valence-electron chi connectivity index (χ2n) is 5.28. The van der Waals surface area contributed by atoms with Gasteiger partial charge in [0, 0.05) is 10.6 Å². The molecule has 2 N–H and O–H groups in total. The minimum atomic E-state index is -1.32. The second kappa shape index (κ2) is 5.61. The van der Waals surface area contributed by atoms with Crippen molar-refractivity contribution in [3.63, 3.8) is 0 Å². The summed E-state index contributed by atoms with van der Waals surface area (Å²) in [6.45, 7) is 6.87. The first-order chi connectivity index (χ1) is 8.65. The zero-order valence-electron chi connectivity index (χ0n) is 11.5. The third-order valence-corrected chi connectivity index (χ3v) is 3.17. The Bertz CT molecular complexity index is 509. The van der Waals surface area contributed by atoms with Crippen molar-refractivity contribution in [1.29, 1.82) is 0 Å². The number of rotatable bonds is 4. The zero-order valence-corrected chi connectivity index (χ0v) is 12.2. The summed E-state index contributed by atoms with van der Waals surface area (Å²) in [5, 5.41) is 11.9. The van der Waals surface area contributed by atoms with E-state index in [1.165, 1.54) is 13.8 Å². The first-order valence-electron chi connectivity index (χ1n) is 6.00. The van der Waals surface area contributed by atoms with Gasteiger partial charge in [-0.05, 0) is 37.5 Å². The quantitative estimate of drug-likeness (QED) is 0.892. The van der Waals surface area contributed by atoms with Crippen LogP contribution in [0.3, 0.4) is 0 Å². The molecule has 1 aromatic carbocycles. The molecule has 0 unspecified atom stereocenters. The molecule has 0 saturated heterocycles. The van der Waals surface area contributed by atoms with Crippen LogP contribution in [0, 0.1) is 0 Å². The number of amides is 1. The normalized spacial score (nSPS) is 11.5. The largest absolute Gasteiger partial charge is 0.480 e. The number of aliphatic carboxylic acids is 1. The van der Waals surface area contributed by atoms with Crippen molar-refractivity contribution in [3.8, 4) is 0 Å². The van der Waals surface area contributed by atoms with Gasteiger partial charge < -0.3 is 10.4 Å². The number of carbonyl (C=O) groups is 2. The van der Waals surface area contributed by atoms with Gasteiger partial charge in [0.1, 0.15) is 5.54 Å². The molecule has 0 atom stereocenters. The van der Waals surface area contributed by atoms with Crippen LogP contribution in [0.15, 0.2) is 18.2 Å². The Hall–Kier alpha value is -1.55. The molecule has 0 aliphatic rings. The van der Waals surface area contributed by atoms with E-state index in [4.69, 9.17) is 16.7 Å². The number of hydrogen-bond acceptors (Lipinski definition) is 2. The molecule has 0 fully saturated rings. The maximum absolute atomic E-state index is 12.0. The molecule has 0 aromatic heterocycles. The number of carboxylic acids is 1. The van der Waals surface area contributed by atoms with Crippen LogP contribution in [-0.4, -0.2) is 22.5 Å². The average Bonchev–Trinajstić information content (AvgIpc) is 2.27. The van der Waals surface area contributed by atoms with Gasteiger partial charge in [-0.15, -0.1) is 0 Å².